The Morgan fingerprint density at radius 1 is 1.18 bits per heavy atom. The molecule has 0 atom stereocenters. The van der Waals surface area contributed by atoms with E-state index in [-0.39, 0.29) is 28.9 Å². The lowest BCUT2D eigenvalue weighted by Crippen LogP contribution is -2.28. The minimum Gasteiger partial charge on any atom is -0.477 e. The minimum atomic E-state index is -3.84. The van der Waals surface area contributed by atoms with Crippen LogP contribution in [0.5, 0.6) is 5.75 Å². The Bertz CT molecular complexity index is 1590. The van der Waals surface area contributed by atoms with E-state index in [2.05, 4.69) is 36.8 Å². The molecule has 0 saturated heterocycles. The summed E-state index contributed by atoms with van der Waals surface area (Å²) in [5.41, 5.74) is 2.05. The fraction of sp³-hybridized carbons (Fsp3) is 0.370. The number of H-pyrrole nitrogens is 1. The van der Waals surface area contributed by atoms with Crippen molar-refractivity contribution in [2.24, 2.45) is 0 Å². The van der Waals surface area contributed by atoms with Crippen LogP contribution >= 0.6 is 11.6 Å². The van der Waals surface area contributed by atoms with Crippen LogP contribution < -0.4 is 15.0 Å². The van der Waals surface area contributed by atoms with Crippen molar-refractivity contribution in [2.75, 3.05) is 26.2 Å². The second-order valence-corrected chi connectivity index (χ2v) is 11.3. The molecule has 0 aliphatic heterocycles. The van der Waals surface area contributed by atoms with Crippen molar-refractivity contribution in [3.8, 4) is 17.1 Å². The fourth-order valence-corrected chi connectivity index (χ4v) is 5.62. The lowest BCUT2D eigenvalue weighted by Gasteiger charge is -2.17. The summed E-state index contributed by atoms with van der Waals surface area (Å²) in [6, 6.07) is 14.3. The number of ether oxygens (including phenoxy) is 1. The molecule has 0 amide bonds. The number of nitrogens with one attached hydrogen (secondary N) is 2. The zero-order chi connectivity index (χ0) is 28.0. The van der Waals surface area contributed by atoms with Crippen molar-refractivity contribution in [1.29, 1.82) is 0 Å². The number of aromatic amines is 1. The van der Waals surface area contributed by atoms with Crippen LogP contribution in [0.25, 0.3) is 16.9 Å². The topological polar surface area (TPSA) is 122 Å². The molecule has 208 valence electrons. The molecule has 0 bridgehead atoms. The molecule has 0 aliphatic rings. The molecule has 0 saturated carbocycles. The monoisotopic (exact) mass is 572 g/mol. The maximum atomic E-state index is 13.1. The first-order valence-corrected chi connectivity index (χ1v) is 14.8. The third-order valence-corrected chi connectivity index (χ3v) is 7.81. The summed E-state index contributed by atoms with van der Waals surface area (Å²) in [5, 5.41) is 4.60. The zero-order valence-electron chi connectivity index (χ0n) is 22.3. The Morgan fingerprint density at radius 2 is 1.95 bits per heavy atom. The van der Waals surface area contributed by atoms with Gasteiger partial charge in [-0.05, 0) is 57.1 Å². The van der Waals surface area contributed by atoms with Crippen LogP contribution in [-0.4, -0.2) is 59.1 Å². The van der Waals surface area contributed by atoms with Crippen LogP contribution in [0.4, 0.5) is 0 Å². The van der Waals surface area contributed by atoms with E-state index in [1.807, 2.05) is 32.2 Å². The summed E-state index contributed by atoms with van der Waals surface area (Å²) in [6.07, 6.45) is 2.09. The van der Waals surface area contributed by atoms with Crippen LogP contribution in [0.3, 0.4) is 0 Å². The number of sulfonamides is 1. The van der Waals surface area contributed by atoms with Crippen LogP contribution in [0.15, 0.2) is 58.2 Å². The van der Waals surface area contributed by atoms with Gasteiger partial charge in [0.1, 0.15) is 11.6 Å². The Balaban J connectivity index is 1.55. The second-order valence-electron chi connectivity index (χ2n) is 9.31. The van der Waals surface area contributed by atoms with Gasteiger partial charge in [-0.2, -0.15) is 0 Å². The van der Waals surface area contributed by atoms with E-state index < -0.39 is 10.0 Å². The van der Waals surface area contributed by atoms with Gasteiger partial charge in [-0.1, -0.05) is 48.9 Å². The van der Waals surface area contributed by atoms with E-state index in [1.165, 1.54) is 28.3 Å². The molecule has 0 spiro atoms. The molecule has 0 fully saturated rings. The SMILES string of the molecule is CCCc1nc(C)c2c(=O)[nH]c(-c3cc(S(=O)(=O)NCCCN(C)Cc4ccccc4)ccc3OCCl)nn12. The van der Waals surface area contributed by atoms with Gasteiger partial charge < -0.3 is 14.6 Å². The Kier molecular flexibility index (Phi) is 9.39. The van der Waals surface area contributed by atoms with Crippen molar-refractivity contribution in [3.63, 3.8) is 0 Å². The average Bonchev–Trinajstić information content (AvgIpc) is 3.23. The van der Waals surface area contributed by atoms with Gasteiger partial charge in [0.25, 0.3) is 5.56 Å². The molecular formula is C27H33ClN6O4S. The zero-order valence-corrected chi connectivity index (χ0v) is 23.8. The highest BCUT2D eigenvalue weighted by atomic mass is 35.5. The average molecular weight is 573 g/mol. The number of imidazole rings is 1. The first-order valence-electron chi connectivity index (χ1n) is 12.8. The van der Waals surface area contributed by atoms with Crippen molar-refractivity contribution in [2.45, 2.75) is 44.6 Å². The number of aryl methyl sites for hydroxylation is 2. The molecule has 0 unspecified atom stereocenters. The number of benzene rings is 2. The van der Waals surface area contributed by atoms with Crippen molar-refractivity contribution >= 4 is 27.1 Å². The summed E-state index contributed by atoms with van der Waals surface area (Å²) in [4.78, 5) is 22.4. The van der Waals surface area contributed by atoms with E-state index >= 15 is 0 Å². The van der Waals surface area contributed by atoms with Gasteiger partial charge in [0.05, 0.1) is 16.2 Å². The number of halogens is 1. The minimum absolute atomic E-state index is 0.0235. The van der Waals surface area contributed by atoms with Crippen LogP contribution in [0.1, 0.15) is 36.8 Å². The van der Waals surface area contributed by atoms with Gasteiger partial charge in [0.15, 0.2) is 17.4 Å². The standard InChI is InChI=1S/C27H33ClN6O4S/c1-4-9-24-30-19(2)25-27(35)31-26(32-34(24)25)22-16-21(12-13-23(22)38-18-28)39(36,37)29-14-8-15-33(3)17-20-10-6-5-7-11-20/h5-7,10-13,16,29H,4,8-9,14-15,17-18H2,1-3H3,(H,31,32,35). The number of rotatable bonds is 13. The molecule has 0 aliphatic carbocycles. The van der Waals surface area contributed by atoms with Gasteiger partial charge in [0, 0.05) is 19.5 Å². The second kappa shape index (κ2) is 12.7. The molecule has 2 aromatic heterocycles. The Labute approximate surface area is 233 Å². The molecule has 4 aromatic rings. The highest BCUT2D eigenvalue weighted by Gasteiger charge is 2.21. The molecule has 2 aromatic carbocycles. The van der Waals surface area contributed by atoms with Crippen molar-refractivity contribution in [1.82, 2.24) is 29.2 Å². The van der Waals surface area contributed by atoms with E-state index in [0.29, 0.717) is 41.2 Å². The quantitative estimate of drug-likeness (QED) is 0.185. The molecule has 10 nitrogen and oxygen atoms in total. The largest absolute Gasteiger partial charge is 0.477 e. The van der Waals surface area contributed by atoms with Crippen molar-refractivity contribution in [3.05, 3.63) is 76.0 Å². The predicted octanol–water partition coefficient (Wildman–Crippen LogP) is 3.72. The van der Waals surface area contributed by atoms with E-state index in [1.54, 1.807) is 6.92 Å². The number of alkyl halides is 1. The molecular weight excluding hydrogens is 540 g/mol. The molecule has 12 heteroatoms. The third kappa shape index (κ3) is 6.85. The van der Waals surface area contributed by atoms with Gasteiger partial charge in [-0.15, -0.1) is 5.10 Å². The summed E-state index contributed by atoms with van der Waals surface area (Å²) < 4.78 is 36.0. The smallest absolute Gasteiger partial charge is 0.277 e. The normalized spacial score (nSPS) is 11.9. The lowest BCUT2D eigenvalue weighted by molar-refractivity contribution is 0.322. The van der Waals surface area contributed by atoms with Gasteiger partial charge in [0.2, 0.25) is 10.0 Å². The number of hydrogen-bond acceptors (Lipinski definition) is 7. The highest BCUT2D eigenvalue weighted by molar-refractivity contribution is 7.89. The summed E-state index contributed by atoms with van der Waals surface area (Å²) in [7, 11) is -1.84. The summed E-state index contributed by atoms with van der Waals surface area (Å²) >= 11 is 5.82. The van der Waals surface area contributed by atoms with Gasteiger partial charge in [-0.25, -0.2) is 22.6 Å². The Hall–Kier alpha value is -3.25. The number of aromatic nitrogens is 4. The van der Waals surface area contributed by atoms with E-state index in [9.17, 15) is 13.2 Å². The first-order chi connectivity index (χ1) is 18.7. The van der Waals surface area contributed by atoms with Crippen LogP contribution in [0, 0.1) is 6.92 Å². The van der Waals surface area contributed by atoms with E-state index in [0.717, 1.165) is 19.5 Å². The predicted molar refractivity (Wildman–Crippen MR) is 152 cm³/mol. The van der Waals surface area contributed by atoms with Gasteiger partial charge in [-0.3, -0.25) is 4.79 Å². The highest BCUT2D eigenvalue weighted by Crippen LogP contribution is 2.30. The lowest BCUT2D eigenvalue weighted by atomic mass is 10.2. The van der Waals surface area contributed by atoms with Crippen molar-refractivity contribution < 1.29 is 13.2 Å². The maximum Gasteiger partial charge on any atom is 0.277 e. The third-order valence-electron chi connectivity index (χ3n) is 6.25. The summed E-state index contributed by atoms with van der Waals surface area (Å²) in [6.45, 7) is 5.54. The fourth-order valence-electron chi connectivity index (χ4n) is 4.40. The molecule has 39 heavy (non-hydrogen) atoms. The number of hydrogen-bond donors (Lipinski definition) is 2. The summed E-state index contributed by atoms with van der Waals surface area (Å²) in [5.74, 6) is 1.10. The van der Waals surface area contributed by atoms with Crippen LogP contribution in [0.2, 0.25) is 0 Å². The first kappa shape index (κ1) is 28.8. The molecule has 2 heterocycles. The number of nitrogens with zero attached hydrogens (tertiary/aromatic N) is 4. The number of fused-ring (bicyclic) bond motifs is 1. The van der Waals surface area contributed by atoms with Gasteiger partial charge >= 0.3 is 0 Å². The Morgan fingerprint density at radius 3 is 2.67 bits per heavy atom. The maximum absolute atomic E-state index is 13.1. The molecule has 0 radical (unpaired) electrons. The molecule has 4 rings (SSSR count). The van der Waals surface area contributed by atoms with Crippen LogP contribution in [-0.2, 0) is 23.0 Å². The molecule has 2 N–H and O–H groups in total. The van der Waals surface area contributed by atoms with E-state index in [4.69, 9.17) is 16.3 Å².